The van der Waals surface area contributed by atoms with Crippen molar-refractivity contribution < 1.29 is 14.3 Å². The van der Waals surface area contributed by atoms with E-state index in [2.05, 4.69) is 11.1 Å². The van der Waals surface area contributed by atoms with Crippen molar-refractivity contribution in [3.63, 3.8) is 0 Å². The summed E-state index contributed by atoms with van der Waals surface area (Å²) >= 11 is 0. The van der Waals surface area contributed by atoms with Gasteiger partial charge in [-0.25, -0.2) is 9.78 Å². The van der Waals surface area contributed by atoms with Gasteiger partial charge >= 0.3 is 6.09 Å². The average molecular weight is 317 g/mol. The largest absolute Gasteiger partial charge is 0.475 e. The molecule has 0 N–H and O–H groups in total. The first-order valence-corrected chi connectivity index (χ1v) is 7.87. The summed E-state index contributed by atoms with van der Waals surface area (Å²) in [5.41, 5.74) is -0.00884. The fraction of sp³-hybridized carbons (Fsp3) is 0.588. The lowest BCUT2D eigenvalue weighted by Crippen LogP contribution is -2.48. The fourth-order valence-corrected chi connectivity index (χ4v) is 2.47. The van der Waals surface area contributed by atoms with Gasteiger partial charge < -0.3 is 14.4 Å². The van der Waals surface area contributed by atoms with E-state index in [4.69, 9.17) is 14.7 Å². The molecule has 1 saturated heterocycles. The fourth-order valence-electron chi connectivity index (χ4n) is 2.47. The zero-order valence-electron chi connectivity index (χ0n) is 13.9. The summed E-state index contributed by atoms with van der Waals surface area (Å²) in [6, 6.07) is 5.24. The predicted molar refractivity (Wildman–Crippen MR) is 85.0 cm³/mol. The molecule has 1 atom stereocenters. The highest BCUT2D eigenvalue weighted by Gasteiger charge is 2.30. The van der Waals surface area contributed by atoms with Crippen LogP contribution in [-0.2, 0) is 4.74 Å². The topological polar surface area (TPSA) is 75.4 Å². The number of aromatic nitrogens is 1. The number of hydrogen-bond acceptors (Lipinski definition) is 5. The Hall–Kier alpha value is -2.29. The Bertz CT molecular complexity index is 589. The Balaban J connectivity index is 1.98. The number of amides is 1. The molecule has 0 bridgehead atoms. The maximum Gasteiger partial charge on any atom is 0.410 e. The van der Waals surface area contributed by atoms with Gasteiger partial charge in [-0.2, -0.15) is 5.26 Å². The summed E-state index contributed by atoms with van der Waals surface area (Å²) in [4.78, 5) is 18.2. The van der Waals surface area contributed by atoms with Crippen molar-refractivity contribution in [2.24, 2.45) is 0 Å². The Labute approximate surface area is 137 Å². The van der Waals surface area contributed by atoms with E-state index < -0.39 is 5.60 Å². The molecule has 1 aliphatic heterocycles. The summed E-state index contributed by atoms with van der Waals surface area (Å²) < 4.78 is 11.2. The minimum Gasteiger partial charge on any atom is -0.475 e. The standard InChI is InChI=1S/C17H23N3O3/c1-17(2,3)23-16(21)20-9-5-4-6-14(20)12-22-15-10-13(11-18)7-8-19-15/h7-8,10,14H,4-6,9,12H2,1-3H3. The van der Waals surface area contributed by atoms with Gasteiger partial charge in [0, 0.05) is 18.8 Å². The first-order valence-electron chi connectivity index (χ1n) is 7.87. The summed E-state index contributed by atoms with van der Waals surface area (Å²) in [5.74, 6) is 0.402. The molecule has 0 aliphatic carbocycles. The second-order valence-corrected chi connectivity index (χ2v) is 6.63. The average Bonchev–Trinajstić information content (AvgIpc) is 2.52. The van der Waals surface area contributed by atoms with Crippen molar-refractivity contribution in [2.45, 2.75) is 51.7 Å². The van der Waals surface area contributed by atoms with Gasteiger partial charge in [-0.15, -0.1) is 0 Å². The number of pyridine rings is 1. The lowest BCUT2D eigenvalue weighted by Gasteiger charge is -2.36. The number of likely N-dealkylation sites (tertiary alicyclic amines) is 1. The molecule has 124 valence electrons. The maximum atomic E-state index is 12.3. The Kier molecular flexibility index (Phi) is 5.43. The van der Waals surface area contributed by atoms with Gasteiger partial charge in [-0.05, 0) is 46.1 Å². The van der Waals surface area contributed by atoms with Crippen LogP contribution in [0.3, 0.4) is 0 Å². The molecular weight excluding hydrogens is 294 g/mol. The van der Waals surface area contributed by atoms with E-state index in [9.17, 15) is 4.79 Å². The number of rotatable bonds is 3. The molecule has 0 aromatic carbocycles. The van der Waals surface area contributed by atoms with Crippen molar-refractivity contribution in [2.75, 3.05) is 13.2 Å². The zero-order valence-corrected chi connectivity index (χ0v) is 13.9. The van der Waals surface area contributed by atoms with Gasteiger partial charge in [0.2, 0.25) is 5.88 Å². The third-order valence-electron chi connectivity index (χ3n) is 3.54. The van der Waals surface area contributed by atoms with E-state index in [1.807, 2.05) is 20.8 Å². The number of nitriles is 1. The molecule has 1 amide bonds. The molecule has 0 saturated carbocycles. The molecule has 2 heterocycles. The summed E-state index contributed by atoms with van der Waals surface area (Å²) in [6.45, 7) is 6.60. The Morgan fingerprint density at radius 2 is 2.26 bits per heavy atom. The van der Waals surface area contributed by atoms with Crippen LogP contribution in [0.15, 0.2) is 18.3 Å². The van der Waals surface area contributed by atoms with Crippen molar-refractivity contribution in [3.8, 4) is 11.9 Å². The van der Waals surface area contributed by atoms with Gasteiger partial charge in [-0.1, -0.05) is 0 Å². The molecule has 0 radical (unpaired) electrons. The molecule has 1 fully saturated rings. The third kappa shape index (κ3) is 5.13. The van der Waals surface area contributed by atoms with Crippen LogP contribution in [0.5, 0.6) is 5.88 Å². The summed E-state index contributed by atoms with van der Waals surface area (Å²) in [7, 11) is 0. The van der Waals surface area contributed by atoms with Crippen LogP contribution >= 0.6 is 0 Å². The molecule has 23 heavy (non-hydrogen) atoms. The zero-order chi connectivity index (χ0) is 16.9. The van der Waals surface area contributed by atoms with Gasteiger partial charge in [0.05, 0.1) is 17.7 Å². The summed E-state index contributed by atoms with van der Waals surface area (Å²) in [6.07, 6.45) is 4.14. The minimum atomic E-state index is -0.511. The van der Waals surface area contributed by atoms with Crippen molar-refractivity contribution in [1.29, 1.82) is 5.26 Å². The highest BCUT2D eigenvalue weighted by atomic mass is 16.6. The molecule has 1 unspecified atom stereocenters. The number of carbonyl (C=O) groups excluding carboxylic acids is 1. The molecule has 1 aromatic heterocycles. The van der Waals surface area contributed by atoms with Gasteiger partial charge in [0.1, 0.15) is 12.2 Å². The molecular formula is C17H23N3O3. The van der Waals surface area contributed by atoms with Crippen molar-refractivity contribution in [1.82, 2.24) is 9.88 Å². The predicted octanol–water partition coefficient (Wildman–Crippen LogP) is 3.12. The number of carbonyl (C=O) groups is 1. The van der Waals surface area contributed by atoms with E-state index >= 15 is 0 Å². The summed E-state index contributed by atoms with van der Waals surface area (Å²) in [5, 5.41) is 8.90. The van der Waals surface area contributed by atoms with E-state index in [1.54, 1.807) is 23.2 Å². The number of piperidine rings is 1. The van der Waals surface area contributed by atoms with E-state index in [-0.39, 0.29) is 12.1 Å². The van der Waals surface area contributed by atoms with Crippen LogP contribution in [0, 0.1) is 11.3 Å². The minimum absolute atomic E-state index is 0.0360. The monoisotopic (exact) mass is 317 g/mol. The van der Waals surface area contributed by atoms with Crippen molar-refractivity contribution in [3.05, 3.63) is 23.9 Å². The first-order chi connectivity index (χ1) is 10.9. The molecule has 1 aromatic rings. The van der Waals surface area contributed by atoms with E-state index in [0.717, 1.165) is 19.3 Å². The normalized spacial score (nSPS) is 18.2. The molecule has 0 spiro atoms. The van der Waals surface area contributed by atoms with Crippen LogP contribution < -0.4 is 4.74 Å². The van der Waals surface area contributed by atoms with E-state index in [0.29, 0.717) is 24.6 Å². The number of nitrogens with zero attached hydrogens (tertiary/aromatic N) is 3. The second-order valence-electron chi connectivity index (χ2n) is 6.63. The molecule has 6 heteroatoms. The third-order valence-corrected chi connectivity index (χ3v) is 3.54. The van der Waals surface area contributed by atoms with Gasteiger partial charge in [0.25, 0.3) is 0 Å². The molecule has 1 aliphatic rings. The maximum absolute atomic E-state index is 12.3. The number of ether oxygens (including phenoxy) is 2. The highest BCUT2D eigenvalue weighted by molar-refractivity contribution is 5.68. The van der Waals surface area contributed by atoms with Crippen LogP contribution in [0.4, 0.5) is 4.79 Å². The highest BCUT2D eigenvalue weighted by Crippen LogP contribution is 2.21. The molecule has 6 nitrogen and oxygen atoms in total. The lowest BCUT2D eigenvalue weighted by molar-refractivity contribution is 0.00335. The number of hydrogen-bond donors (Lipinski definition) is 0. The Morgan fingerprint density at radius 3 is 2.96 bits per heavy atom. The van der Waals surface area contributed by atoms with Gasteiger partial charge in [0.15, 0.2) is 0 Å². The lowest BCUT2D eigenvalue weighted by atomic mass is 10.0. The van der Waals surface area contributed by atoms with Crippen LogP contribution in [-0.4, -0.2) is 40.8 Å². The quantitative estimate of drug-likeness (QED) is 0.856. The first kappa shape index (κ1) is 17.1. The van der Waals surface area contributed by atoms with E-state index in [1.165, 1.54) is 0 Å². The Morgan fingerprint density at radius 1 is 1.48 bits per heavy atom. The van der Waals surface area contributed by atoms with Crippen LogP contribution in [0.2, 0.25) is 0 Å². The second kappa shape index (κ2) is 7.32. The molecule has 2 rings (SSSR count). The van der Waals surface area contributed by atoms with Crippen molar-refractivity contribution >= 4 is 6.09 Å². The van der Waals surface area contributed by atoms with Crippen LogP contribution in [0.25, 0.3) is 0 Å². The smallest absolute Gasteiger partial charge is 0.410 e. The van der Waals surface area contributed by atoms with Crippen LogP contribution in [0.1, 0.15) is 45.6 Å². The van der Waals surface area contributed by atoms with Gasteiger partial charge in [-0.3, -0.25) is 0 Å². The SMILES string of the molecule is CC(C)(C)OC(=O)N1CCCCC1COc1cc(C#N)ccn1.